The van der Waals surface area contributed by atoms with Crippen LogP contribution in [-0.2, 0) is 28.8 Å². The number of carbonyl (C=O) groups is 6. The molecule has 1 amide bonds. The molecule has 0 fully saturated rings. The van der Waals surface area contributed by atoms with Gasteiger partial charge >= 0.3 is 0 Å². The fourth-order valence-corrected chi connectivity index (χ4v) is 6.94. The highest BCUT2D eigenvalue weighted by atomic mass is 16.2. The van der Waals surface area contributed by atoms with Gasteiger partial charge in [-0.15, -0.1) is 0 Å². The van der Waals surface area contributed by atoms with Crippen LogP contribution < -0.4 is 62.7 Å². The molecule has 0 aliphatic heterocycles. The second-order valence-corrected chi connectivity index (χ2v) is 16.2. The molecule has 63 heavy (non-hydrogen) atoms. The first-order valence-electron chi connectivity index (χ1n) is 21.9. The van der Waals surface area contributed by atoms with Crippen molar-refractivity contribution in [3.05, 3.63) is 0 Å². The lowest BCUT2D eigenvalue weighted by atomic mass is 9.79. The molecule has 5 unspecified atom stereocenters. The van der Waals surface area contributed by atoms with Crippen LogP contribution in [0, 0.1) is 35.5 Å². The summed E-state index contributed by atoms with van der Waals surface area (Å²) < 4.78 is 0. The molecule has 0 aromatic carbocycles. The molecule has 0 saturated carbocycles. The molecular formula is C41H78N16O6. The van der Waals surface area contributed by atoms with Crippen molar-refractivity contribution in [2.24, 2.45) is 118 Å². The van der Waals surface area contributed by atoms with Crippen molar-refractivity contribution in [1.82, 2.24) is 5.32 Å². The first-order chi connectivity index (χ1) is 29.7. The SMILES string of the molecule is CCC(CCCN=C(N)N)C(=O)CC(CCCN=C(N)N)C(=O)CC(CCCN=C(N)N)C(=O)CC(CCCN=C(N)N)C(=O)CC(CCCN=C(N)N)C(=O)NCC(=O)C(C)C. The number of Topliss-reactive ketones (excluding diaryl/α,β-unsaturated/α-hetero) is 5. The number of guanidine groups is 5. The molecule has 0 spiro atoms. The van der Waals surface area contributed by atoms with Crippen LogP contribution in [0.2, 0.25) is 0 Å². The Kier molecular flexibility index (Phi) is 29.8. The van der Waals surface area contributed by atoms with Crippen LogP contribution in [-0.4, -0.2) is 104 Å². The molecule has 0 aromatic heterocycles. The fourth-order valence-electron chi connectivity index (χ4n) is 6.94. The maximum atomic E-state index is 14.4. The number of aliphatic imine (C=N–C) groups is 5. The zero-order valence-electron chi connectivity index (χ0n) is 37.8. The van der Waals surface area contributed by atoms with Gasteiger partial charge in [0.25, 0.3) is 0 Å². The van der Waals surface area contributed by atoms with E-state index in [-0.39, 0.29) is 148 Å². The number of hydrogen-bond donors (Lipinski definition) is 11. The van der Waals surface area contributed by atoms with Crippen molar-refractivity contribution in [2.75, 3.05) is 39.3 Å². The molecule has 22 nitrogen and oxygen atoms in total. The maximum Gasteiger partial charge on any atom is 0.223 e. The average molecular weight is 891 g/mol. The molecule has 0 aromatic rings. The number of nitrogens with two attached hydrogens (primary N) is 10. The smallest absolute Gasteiger partial charge is 0.223 e. The summed E-state index contributed by atoms with van der Waals surface area (Å²) in [7, 11) is 0. The Morgan fingerprint density at radius 1 is 0.397 bits per heavy atom. The Morgan fingerprint density at radius 3 is 0.921 bits per heavy atom. The Hall–Kier alpha value is -5.83. The maximum absolute atomic E-state index is 14.4. The van der Waals surface area contributed by atoms with Crippen molar-refractivity contribution in [3.63, 3.8) is 0 Å². The van der Waals surface area contributed by atoms with E-state index in [2.05, 4.69) is 30.3 Å². The highest BCUT2D eigenvalue weighted by molar-refractivity contribution is 5.95. The van der Waals surface area contributed by atoms with Gasteiger partial charge in [0.2, 0.25) is 5.91 Å². The van der Waals surface area contributed by atoms with Crippen molar-refractivity contribution in [3.8, 4) is 0 Å². The van der Waals surface area contributed by atoms with E-state index in [9.17, 15) is 28.8 Å². The van der Waals surface area contributed by atoms with Crippen LogP contribution in [0.1, 0.15) is 117 Å². The van der Waals surface area contributed by atoms with Crippen LogP contribution >= 0.6 is 0 Å². The summed E-state index contributed by atoms with van der Waals surface area (Å²) in [5.74, 6) is -6.21. The number of amides is 1. The van der Waals surface area contributed by atoms with E-state index in [0.29, 0.717) is 57.9 Å². The Balaban J connectivity index is 6.69. The van der Waals surface area contributed by atoms with Gasteiger partial charge < -0.3 is 62.7 Å². The molecule has 22 heteroatoms. The van der Waals surface area contributed by atoms with Crippen LogP contribution in [0.5, 0.6) is 0 Å². The standard InChI is InChI=1S/C41H78N16O6/c1-4-26(10-5-15-52-37(42)43)31(58)20-27(11-6-16-53-38(44)45)32(59)21-28(12-7-17-54-39(46)47)33(60)22-29(13-8-18-55-40(48)49)34(61)23-30(14-9-19-56-41(50)51)36(63)57-24-35(62)25(2)3/h25-30H,4-24H2,1-3H3,(H,57,63)(H4,42,43,52)(H4,44,45,53)(H4,46,47,54)(H4,48,49,55)(H4,50,51,56). The van der Waals surface area contributed by atoms with Crippen molar-refractivity contribution in [1.29, 1.82) is 0 Å². The minimum atomic E-state index is -0.867. The predicted molar refractivity (Wildman–Crippen MR) is 249 cm³/mol. The lowest BCUT2D eigenvalue weighted by Crippen LogP contribution is -2.38. The van der Waals surface area contributed by atoms with E-state index < -0.39 is 29.6 Å². The van der Waals surface area contributed by atoms with E-state index in [0.717, 1.165) is 0 Å². The molecule has 0 radical (unpaired) electrons. The summed E-state index contributed by atoms with van der Waals surface area (Å²) in [6, 6.07) is 0. The molecule has 5 atom stereocenters. The zero-order valence-corrected chi connectivity index (χ0v) is 37.8. The molecule has 0 aliphatic rings. The molecular weight excluding hydrogens is 813 g/mol. The second-order valence-electron chi connectivity index (χ2n) is 16.2. The van der Waals surface area contributed by atoms with Gasteiger partial charge in [-0.05, 0) is 70.6 Å². The Bertz CT molecular complexity index is 1590. The molecule has 0 heterocycles. The summed E-state index contributed by atoms with van der Waals surface area (Å²) in [5.41, 5.74) is 55.0. The van der Waals surface area contributed by atoms with Gasteiger partial charge in [-0.25, -0.2) is 0 Å². The molecule has 358 valence electrons. The van der Waals surface area contributed by atoms with Crippen molar-refractivity contribution in [2.45, 2.75) is 117 Å². The molecule has 0 aliphatic carbocycles. The van der Waals surface area contributed by atoms with E-state index in [4.69, 9.17) is 57.3 Å². The fraction of sp³-hybridized carbons (Fsp3) is 0.732. The number of ketones is 5. The number of hydrogen-bond acceptors (Lipinski definition) is 11. The summed E-state index contributed by atoms with van der Waals surface area (Å²) >= 11 is 0. The summed E-state index contributed by atoms with van der Waals surface area (Å²) in [5, 5.41) is 2.65. The molecule has 0 saturated heterocycles. The van der Waals surface area contributed by atoms with Gasteiger partial charge in [-0.3, -0.25) is 53.7 Å². The summed E-state index contributed by atoms with van der Waals surface area (Å²) in [6.45, 7) is 6.31. The van der Waals surface area contributed by atoms with E-state index in [1.807, 2.05) is 6.92 Å². The van der Waals surface area contributed by atoms with E-state index in [1.165, 1.54) is 0 Å². The van der Waals surface area contributed by atoms with E-state index in [1.54, 1.807) is 13.8 Å². The predicted octanol–water partition coefficient (Wildman–Crippen LogP) is -1.08. The van der Waals surface area contributed by atoms with Gasteiger partial charge in [0.15, 0.2) is 35.6 Å². The first kappa shape index (κ1) is 57.2. The highest BCUT2D eigenvalue weighted by Gasteiger charge is 2.33. The molecule has 21 N–H and O–H groups in total. The highest BCUT2D eigenvalue weighted by Crippen LogP contribution is 2.28. The van der Waals surface area contributed by atoms with E-state index >= 15 is 0 Å². The van der Waals surface area contributed by atoms with Gasteiger partial charge in [0.1, 0.15) is 23.1 Å². The summed E-state index contributed by atoms with van der Waals surface area (Å²) in [4.78, 5) is 102. The average Bonchev–Trinajstić information content (AvgIpc) is 3.20. The van der Waals surface area contributed by atoms with Crippen LogP contribution in [0.3, 0.4) is 0 Å². The summed E-state index contributed by atoms with van der Waals surface area (Å²) in [6.07, 6.45) is 3.33. The first-order valence-corrected chi connectivity index (χ1v) is 21.9. The minimum Gasteiger partial charge on any atom is -0.370 e. The second kappa shape index (κ2) is 32.8. The number of nitrogens with zero attached hydrogens (tertiary/aromatic N) is 5. The van der Waals surface area contributed by atoms with Crippen LogP contribution in [0.4, 0.5) is 0 Å². The largest absolute Gasteiger partial charge is 0.370 e. The Labute approximate surface area is 372 Å². The number of carbonyl (C=O) groups excluding carboxylic acids is 6. The topological polar surface area (TPSA) is 436 Å². The third kappa shape index (κ3) is 28.4. The Morgan fingerprint density at radius 2 is 0.651 bits per heavy atom. The van der Waals surface area contributed by atoms with Crippen molar-refractivity contribution >= 4 is 64.6 Å². The van der Waals surface area contributed by atoms with Gasteiger partial charge in [0, 0.05) is 93.9 Å². The lowest BCUT2D eigenvalue weighted by molar-refractivity contribution is -0.135. The number of nitrogens with one attached hydrogen (secondary N) is 1. The van der Waals surface area contributed by atoms with Gasteiger partial charge in [0.05, 0.1) is 6.54 Å². The lowest BCUT2D eigenvalue weighted by Gasteiger charge is -2.24. The monoisotopic (exact) mass is 891 g/mol. The normalized spacial score (nSPS) is 13.3. The minimum absolute atomic E-state index is 0.0383. The quantitative estimate of drug-likeness (QED) is 0.0201. The number of rotatable bonds is 37. The third-order valence-corrected chi connectivity index (χ3v) is 10.6. The van der Waals surface area contributed by atoms with Crippen LogP contribution in [0.25, 0.3) is 0 Å². The molecule has 0 bridgehead atoms. The van der Waals surface area contributed by atoms with Crippen molar-refractivity contribution < 1.29 is 28.8 Å². The van der Waals surface area contributed by atoms with Crippen LogP contribution in [0.15, 0.2) is 25.0 Å². The third-order valence-electron chi connectivity index (χ3n) is 10.6. The molecule has 0 rings (SSSR count). The van der Waals surface area contributed by atoms with Gasteiger partial charge in [-0.2, -0.15) is 0 Å². The zero-order chi connectivity index (χ0) is 47.9. The van der Waals surface area contributed by atoms with Gasteiger partial charge in [-0.1, -0.05) is 20.8 Å².